The maximum absolute atomic E-state index is 11.6. The summed E-state index contributed by atoms with van der Waals surface area (Å²) in [7, 11) is 0. The van der Waals surface area contributed by atoms with Crippen molar-refractivity contribution in [3.8, 4) is 0 Å². The molecule has 0 fully saturated rings. The van der Waals surface area contributed by atoms with Crippen molar-refractivity contribution in [3.63, 3.8) is 0 Å². The van der Waals surface area contributed by atoms with Crippen molar-refractivity contribution in [2.75, 3.05) is 0 Å². The fraction of sp³-hybridized carbons (Fsp3) is 0.714. The number of nitrogens with two attached hydrogens (primary N) is 1. The molecule has 132 valence electrons. The van der Waals surface area contributed by atoms with E-state index in [2.05, 4.69) is 10.1 Å². The first-order chi connectivity index (χ1) is 10.2. The van der Waals surface area contributed by atoms with Crippen molar-refractivity contribution in [3.05, 3.63) is 0 Å². The SMILES string of the molecule is CC(C)(C)OC(=O)NC(CC(=O)OC(=O)OC(C)(C)C)C(N)=O. The second-order valence-electron chi connectivity index (χ2n) is 6.74. The number of rotatable bonds is 4. The number of esters is 1. The van der Waals surface area contributed by atoms with E-state index >= 15 is 0 Å². The third-order valence-corrected chi connectivity index (χ3v) is 1.99. The standard InChI is InChI=1S/C14H24N2O7/c1-13(2,3)22-11(19)16-8(10(15)18)7-9(17)21-12(20)23-14(4,5)6/h8H,7H2,1-6H3,(H2,15,18)(H,16,19). The van der Waals surface area contributed by atoms with Crippen molar-refractivity contribution in [2.45, 2.75) is 65.2 Å². The summed E-state index contributed by atoms with van der Waals surface area (Å²) in [5, 5.41) is 2.14. The van der Waals surface area contributed by atoms with Gasteiger partial charge in [0.25, 0.3) is 0 Å². The van der Waals surface area contributed by atoms with Crippen molar-refractivity contribution in [1.29, 1.82) is 0 Å². The Morgan fingerprint density at radius 1 is 0.957 bits per heavy atom. The Morgan fingerprint density at radius 2 is 1.43 bits per heavy atom. The minimum absolute atomic E-state index is 0.631. The average Bonchev–Trinajstić information content (AvgIpc) is 2.21. The normalized spacial score (nSPS) is 12.8. The van der Waals surface area contributed by atoms with E-state index in [4.69, 9.17) is 15.2 Å². The summed E-state index contributed by atoms with van der Waals surface area (Å²) in [4.78, 5) is 45.8. The highest BCUT2D eigenvalue weighted by Gasteiger charge is 2.27. The summed E-state index contributed by atoms with van der Waals surface area (Å²) in [6, 6.07) is -1.38. The van der Waals surface area contributed by atoms with Gasteiger partial charge in [-0.15, -0.1) is 0 Å². The van der Waals surface area contributed by atoms with Crippen LogP contribution in [0, 0.1) is 0 Å². The molecule has 9 heteroatoms. The smallest absolute Gasteiger partial charge is 0.444 e. The van der Waals surface area contributed by atoms with Gasteiger partial charge in [0.2, 0.25) is 5.91 Å². The third-order valence-electron chi connectivity index (χ3n) is 1.99. The van der Waals surface area contributed by atoms with E-state index in [0.717, 1.165) is 0 Å². The zero-order valence-corrected chi connectivity index (χ0v) is 14.2. The molecular formula is C14H24N2O7. The molecule has 0 radical (unpaired) electrons. The third kappa shape index (κ3) is 11.0. The number of ether oxygens (including phenoxy) is 3. The summed E-state index contributed by atoms with van der Waals surface area (Å²) in [5.74, 6) is -2.05. The summed E-state index contributed by atoms with van der Waals surface area (Å²) >= 11 is 0. The van der Waals surface area contributed by atoms with Crippen molar-refractivity contribution in [2.24, 2.45) is 5.73 Å². The van der Waals surface area contributed by atoms with Crippen molar-refractivity contribution in [1.82, 2.24) is 5.32 Å². The number of hydrogen-bond donors (Lipinski definition) is 2. The number of carbonyl (C=O) groups excluding carboxylic acids is 4. The first-order valence-electron chi connectivity index (χ1n) is 6.92. The topological polar surface area (TPSA) is 134 Å². The van der Waals surface area contributed by atoms with Gasteiger partial charge in [0.05, 0.1) is 6.42 Å². The number of carbonyl (C=O) groups is 4. The highest BCUT2D eigenvalue weighted by atomic mass is 16.7. The molecule has 23 heavy (non-hydrogen) atoms. The second kappa shape index (κ2) is 7.80. The van der Waals surface area contributed by atoms with Crippen molar-refractivity contribution < 1.29 is 33.4 Å². The molecule has 0 aromatic carbocycles. The molecule has 0 saturated carbocycles. The predicted octanol–water partition coefficient (Wildman–Crippen LogP) is 1.23. The quantitative estimate of drug-likeness (QED) is 0.584. The molecule has 1 unspecified atom stereocenters. The second-order valence-corrected chi connectivity index (χ2v) is 6.74. The fourth-order valence-corrected chi connectivity index (χ4v) is 1.24. The van der Waals surface area contributed by atoms with E-state index in [1.807, 2.05) is 0 Å². The lowest BCUT2D eigenvalue weighted by Crippen LogP contribution is -2.47. The zero-order valence-electron chi connectivity index (χ0n) is 14.2. The summed E-state index contributed by atoms with van der Waals surface area (Å²) < 4.78 is 14.1. The monoisotopic (exact) mass is 332 g/mol. The summed E-state index contributed by atoms with van der Waals surface area (Å²) in [6.07, 6.45) is -2.76. The van der Waals surface area contributed by atoms with Gasteiger partial charge in [0.15, 0.2) is 0 Å². The van der Waals surface area contributed by atoms with Gasteiger partial charge in [-0.1, -0.05) is 0 Å². The predicted molar refractivity (Wildman–Crippen MR) is 79.3 cm³/mol. The van der Waals surface area contributed by atoms with Crippen LogP contribution in [0.2, 0.25) is 0 Å². The number of amides is 2. The van der Waals surface area contributed by atoms with E-state index in [0.29, 0.717) is 0 Å². The molecule has 2 amide bonds. The maximum Gasteiger partial charge on any atom is 0.516 e. The molecule has 0 bridgehead atoms. The van der Waals surface area contributed by atoms with Crippen LogP contribution in [0.4, 0.5) is 9.59 Å². The minimum atomic E-state index is -1.38. The molecule has 0 spiro atoms. The zero-order chi connectivity index (χ0) is 18.4. The Labute approximate surface area is 134 Å². The van der Waals surface area contributed by atoms with E-state index in [1.54, 1.807) is 41.5 Å². The Morgan fingerprint density at radius 3 is 1.83 bits per heavy atom. The average molecular weight is 332 g/mol. The molecule has 0 aliphatic carbocycles. The van der Waals surface area contributed by atoms with Gasteiger partial charge >= 0.3 is 18.2 Å². The van der Waals surface area contributed by atoms with Gasteiger partial charge in [-0.2, -0.15) is 0 Å². The molecule has 0 heterocycles. The molecule has 1 atom stereocenters. The van der Waals surface area contributed by atoms with Gasteiger partial charge < -0.3 is 25.3 Å². The van der Waals surface area contributed by atoms with E-state index in [1.165, 1.54) is 0 Å². The number of alkyl carbamates (subject to hydrolysis) is 1. The van der Waals surface area contributed by atoms with Gasteiger partial charge in [0.1, 0.15) is 17.2 Å². The molecule has 0 aromatic rings. The van der Waals surface area contributed by atoms with E-state index < -0.39 is 47.8 Å². The summed E-state index contributed by atoms with van der Waals surface area (Å²) in [6.45, 7) is 9.66. The fourth-order valence-electron chi connectivity index (χ4n) is 1.24. The molecule has 0 rings (SSSR count). The van der Waals surface area contributed by atoms with Gasteiger partial charge in [-0.3, -0.25) is 9.59 Å². The Hall–Kier alpha value is -2.32. The highest BCUT2D eigenvalue weighted by molar-refractivity contribution is 5.90. The first-order valence-corrected chi connectivity index (χ1v) is 6.92. The van der Waals surface area contributed by atoms with Gasteiger partial charge in [-0.25, -0.2) is 9.59 Å². The van der Waals surface area contributed by atoms with E-state index in [9.17, 15) is 19.2 Å². The van der Waals surface area contributed by atoms with Crippen LogP contribution in [0.3, 0.4) is 0 Å². The molecule has 0 saturated heterocycles. The summed E-state index contributed by atoms with van der Waals surface area (Å²) in [5.41, 5.74) is 3.47. The first kappa shape index (κ1) is 20.7. The minimum Gasteiger partial charge on any atom is -0.444 e. The Balaban J connectivity index is 4.59. The Kier molecular flexibility index (Phi) is 7.01. The van der Waals surface area contributed by atoms with Crippen LogP contribution in [-0.4, -0.2) is 41.4 Å². The highest BCUT2D eigenvalue weighted by Crippen LogP contribution is 2.10. The van der Waals surface area contributed by atoms with Crippen LogP contribution in [-0.2, 0) is 23.8 Å². The van der Waals surface area contributed by atoms with Crippen LogP contribution in [0.5, 0.6) is 0 Å². The van der Waals surface area contributed by atoms with E-state index in [-0.39, 0.29) is 0 Å². The Bertz CT molecular complexity index is 474. The van der Waals surface area contributed by atoms with Crippen LogP contribution in [0.25, 0.3) is 0 Å². The van der Waals surface area contributed by atoms with Gasteiger partial charge in [-0.05, 0) is 41.5 Å². The number of hydrogen-bond acceptors (Lipinski definition) is 7. The lowest BCUT2D eigenvalue weighted by atomic mass is 10.2. The molecule has 0 aliphatic heterocycles. The lowest BCUT2D eigenvalue weighted by molar-refractivity contribution is -0.143. The molecule has 0 aliphatic rings. The van der Waals surface area contributed by atoms with Crippen LogP contribution in [0.15, 0.2) is 0 Å². The maximum atomic E-state index is 11.6. The van der Waals surface area contributed by atoms with Gasteiger partial charge in [0, 0.05) is 0 Å². The largest absolute Gasteiger partial charge is 0.516 e. The number of primary amides is 1. The lowest BCUT2D eigenvalue weighted by Gasteiger charge is -2.22. The molecule has 0 aromatic heterocycles. The molecular weight excluding hydrogens is 308 g/mol. The molecule has 9 nitrogen and oxygen atoms in total. The molecule has 3 N–H and O–H groups in total. The van der Waals surface area contributed by atoms with Crippen LogP contribution >= 0.6 is 0 Å². The number of nitrogens with one attached hydrogen (secondary N) is 1. The van der Waals surface area contributed by atoms with Crippen LogP contribution < -0.4 is 11.1 Å². The van der Waals surface area contributed by atoms with Crippen molar-refractivity contribution >= 4 is 24.1 Å². The van der Waals surface area contributed by atoms with Crippen LogP contribution in [0.1, 0.15) is 48.0 Å².